The summed E-state index contributed by atoms with van der Waals surface area (Å²) in [6, 6.07) is 14.3. The van der Waals surface area contributed by atoms with Crippen LogP contribution in [-0.2, 0) is 6.42 Å². The average molecular weight is 335 g/mol. The van der Waals surface area contributed by atoms with Crippen molar-refractivity contribution in [2.24, 2.45) is 0 Å². The predicted octanol–water partition coefficient (Wildman–Crippen LogP) is 4.69. The van der Waals surface area contributed by atoms with Crippen molar-refractivity contribution in [2.75, 3.05) is 14.2 Å². The molecule has 3 heteroatoms. The molecule has 0 amide bonds. The Bertz CT molecular complexity index is 581. The number of alkyl halides is 1. The van der Waals surface area contributed by atoms with E-state index < -0.39 is 0 Å². The molecule has 0 heterocycles. The fraction of sp³-hybridized carbons (Fsp3) is 0.294. The number of halogens is 1. The summed E-state index contributed by atoms with van der Waals surface area (Å²) in [5.74, 6) is 1.72. The smallest absolute Gasteiger partial charge is 0.123 e. The van der Waals surface area contributed by atoms with Crippen LogP contribution in [0.4, 0.5) is 0 Å². The van der Waals surface area contributed by atoms with Gasteiger partial charge in [-0.25, -0.2) is 0 Å². The van der Waals surface area contributed by atoms with Crippen molar-refractivity contribution in [3.8, 4) is 11.5 Å². The molecule has 0 aliphatic heterocycles. The van der Waals surface area contributed by atoms with E-state index >= 15 is 0 Å². The van der Waals surface area contributed by atoms with Crippen LogP contribution < -0.4 is 9.47 Å². The van der Waals surface area contributed by atoms with E-state index in [4.69, 9.17) is 9.47 Å². The Morgan fingerprint density at radius 1 is 1.05 bits per heavy atom. The van der Waals surface area contributed by atoms with E-state index in [9.17, 15) is 0 Å². The van der Waals surface area contributed by atoms with E-state index in [0.29, 0.717) is 0 Å². The van der Waals surface area contributed by atoms with Crippen molar-refractivity contribution in [2.45, 2.75) is 18.2 Å². The summed E-state index contributed by atoms with van der Waals surface area (Å²) in [5, 5.41) is 0. The Hall–Kier alpha value is -1.48. The zero-order valence-corrected chi connectivity index (χ0v) is 13.6. The molecule has 1 unspecified atom stereocenters. The Morgan fingerprint density at radius 3 is 2.45 bits per heavy atom. The second kappa shape index (κ2) is 6.80. The first-order valence-electron chi connectivity index (χ1n) is 6.56. The molecule has 0 radical (unpaired) electrons. The molecule has 0 saturated heterocycles. The molecule has 2 nitrogen and oxygen atoms in total. The molecule has 2 aromatic carbocycles. The minimum absolute atomic E-state index is 0.189. The predicted molar refractivity (Wildman–Crippen MR) is 86.1 cm³/mol. The fourth-order valence-electron chi connectivity index (χ4n) is 2.23. The highest BCUT2D eigenvalue weighted by Gasteiger charge is 2.15. The molecule has 0 spiro atoms. The minimum Gasteiger partial charge on any atom is -0.497 e. The van der Waals surface area contributed by atoms with Gasteiger partial charge in [0.1, 0.15) is 11.5 Å². The molecule has 2 rings (SSSR count). The van der Waals surface area contributed by atoms with Crippen LogP contribution in [0.1, 0.15) is 21.5 Å². The number of ether oxygens (including phenoxy) is 2. The summed E-state index contributed by atoms with van der Waals surface area (Å²) in [4.78, 5) is 0.189. The average Bonchev–Trinajstić information content (AvgIpc) is 2.48. The summed E-state index contributed by atoms with van der Waals surface area (Å²) in [7, 11) is 3.37. The standard InChI is InChI=1S/C17H19BrO2/c1-12-6-4-5-7-13(12)10-16(18)15-11-14(19-2)8-9-17(15)20-3/h4-9,11,16H,10H2,1-3H3. The largest absolute Gasteiger partial charge is 0.497 e. The van der Waals surface area contributed by atoms with E-state index in [1.165, 1.54) is 11.1 Å². The van der Waals surface area contributed by atoms with Crippen molar-refractivity contribution in [1.29, 1.82) is 0 Å². The Kier molecular flexibility index (Phi) is 5.07. The van der Waals surface area contributed by atoms with Gasteiger partial charge in [-0.1, -0.05) is 40.2 Å². The van der Waals surface area contributed by atoms with E-state index in [1.807, 2.05) is 18.2 Å². The van der Waals surface area contributed by atoms with Gasteiger partial charge >= 0.3 is 0 Å². The summed E-state index contributed by atoms with van der Waals surface area (Å²) in [6.07, 6.45) is 0.913. The Morgan fingerprint density at radius 2 is 1.80 bits per heavy atom. The highest BCUT2D eigenvalue weighted by atomic mass is 79.9. The molecule has 0 N–H and O–H groups in total. The summed E-state index contributed by atoms with van der Waals surface area (Å²) in [6.45, 7) is 2.14. The van der Waals surface area contributed by atoms with Crippen LogP contribution in [0.5, 0.6) is 11.5 Å². The Balaban J connectivity index is 2.28. The van der Waals surface area contributed by atoms with Crippen LogP contribution in [0.15, 0.2) is 42.5 Å². The third-order valence-corrected chi connectivity index (χ3v) is 4.25. The van der Waals surface area contributed by atoms with Gasteiger partial charge in [0.15, 0.2) is 0 Å². The van der Waals surface area contributed by atoms with E-state index in [0.717, 1.165) is 23.5 Å². The fourth-order valence-corrected chi connectivity index (χ4v) is 2.93. The van der Waals surface area contributed by atoms with Crippen molar-refractivity contribution < 1.29 is 9.47 Å². The third kappa shape index (κ3) is 3.34. The van der Waals surface area contributed by atoms with Crippen LogP contribution in [0.2, 0.25) is 0 Å². The van der Waals surface area contributed by atoms with Gasteiger partial charge in [0, 0.05) is 10.4 Å². The molecule has 0 fully saturated rings. The SMILES string of the molecule is COc1ccc(OC)c(C(Br)Cc2ccccc2C)c1. The molecule has 0 bridgehead atoms. The quantitative estimate of drug-likeness (QED) is 0.738. The molecule has 106 valence electrons. The zero-order valence-electron chi connectivity index (χ0n) is 12.0. The number of hydrogen-bond donors (Lipinski definition) is 0. The summed E-state index contributed by atoms with van der Waals surface area (Å²) >= 11 is 3.78. The lowest BCUT2D eigenvalue weighted by Crippen LogP contribution is -2.01. The maximum atomic E-state index is 5.45. The second-order valence-corrected chi connectivity index (χ2v) is 5.81. The van der Waals surface area contributed by atoms with Crippen LogP contribution in [0, 0.1) is 6.92 Å². The molecule has 1 atom stereocenters. The van der Waals surface area contributed by atoms with Gasteiger partial charge in [-0.15, -0.1) is 0 Å². The molecule has 0 saturated carbocycles. The molecule has 0 aliphatic rings. The van der Waals surface area contributed by atoms with Gasteiger partial charge in [0.2, 0.25) is 0 Å². The number of aryl methyl sites for hydroxylation is 1. The van der Waals surface area contributed by atoms with E-state index in [2.05, 4.69) is 47.1 Å². The number of benzene rings is 2. The summed E-state index contributed by atoms with van der Waals surface area (Å²) < 4.78 is 10.8. The first-order chi connectivity index (χ1) is 9.65. The molecule has 0 aliphatic carbocycles. The topological polar surface area (TPSA) is 18.5 Å². The molecular weight excluding hydrogens is 316 g/mol. The first kappa shape index (κ1) is 14.9. The molecule has 2 aromatic rings. The van der Waals surface area contributed by atoms with Crippen LogP contribution in [0.25, 0.3) is 0 Å². The van der Waals surface area contributed by atoms with Crippen LogP contribution >= 0.6 is 15.9 Å². The molecule has 0 aromatic heterocycles. The van der Waals surface area contributed by atoms with Gasteiger partial charge in [-0.3, -0.25) is 0 Å². The van der Waals surface area contributed by atoms with Gasteiger partial charge in [0.05, 0.1) is 14.2 Å². The van der Waals surface area contributed by atoms with Crippen molar-refractivity contribution in [3.05, 3.63) is 59.2 Å². The first-order valence-corrected chi connectivity index (χ1v) is 7.47. The molecule has 20 heavy (non-hydrogen) atoms. The van der Waals surface area contributed by atoms with Gasteiger partial charge in [-0.2, -0.15) is 0 Å². The molecular formula is C17H19BrO2. The van der Waals surface area contributed by atoms with Gasteiger partial charge in [0.25, 0.3) is 0 Å². The Labute approximate surface area is 128 Å². The monoisotopic (exact) mass is 334 g/mol. The lowest BCUT2D eigenvalue weighted by atomic mass is 10.00. The highest BCUT2D eigenvalue weighted by molar-refractivity contribution is 9.09. The lowest BCUT2D eigenvalue weighted by molar-refractivity contribution is 0.398. The number of hydrogen-bond acceptors (Lipinski definition) is 2. The summed E-state index contributed by atoms with van der Waals surface area (Å²) in [5.41, 5.74) is 3.74. The number of rotatable bonds is 5. The minimum atomic E-state index is 0.189. The normalized spacial score (nSPS) is 12.0. The number of methoxy groups -OCH3 is 2. The maximum absolute atomic E-state index is 5.45. The third-order valence-electron chi connectivity index (χ3n) is 3.43. The van der Waals surface area contributed by atoms with E-state index in [-0.39, 0.29) is 4.83 Å². The van der Waals surface area contributed by atoms with Crippen molar-refractivity contribution in [1.82, 2.24) is 0 Å². The van der Waals surface area contributed by atoms with Gasteiger partial charge < -0.3 is 9.47 Å². The van der Waals surface area contributed by atoms with Gasteiger partial charge in [-0.05, 0) is 42.7 Å². The lowest BCUT2D eigenvalue weighted by Gasteiger charge is -2.16. The van der Waals surface area contributed by atoms with Crippen molar-refractivity contribution >= 4 is 15.9 Å². The van der Waals surface area contributed by atoms with Crippen LogP contribution in [-0.4, -0.2) is 14.2 Å². The maximum Gasteiger partial charge on any atom is 0.123 e. The zero-order chi connectivity index (χ0) is 14.5. The second-order valence-electron chi connectivity index (χ2n) is 4.71. The highest BCUT2D eigenvalue weighted by Crippen LogP contribution is 2.36. The van der Waals surface area contributed by atoms with Crippen LogP contribution in [0.3, 0.4) is 0 Å². The van der Waals surface area contributed by atoms with E-state index in [1.54, 1.807) is 14.2 Å². The van der Waals surface area contributed by atoms with Crippen molar-refractivity contribution in [3.63, 3.8) is 0 Å².